The standard InChI is InChI=1S/C26H30N4O2/c1-3-5-7-17-23-27-21-15-11-9-13-19(21)25(31)29(23)30-24(18-8-6-4-2)28-22-16-12-10-14-20(22)26(30)32/h9-16H,3-8,17-18H2,1-2H3. The second kappa shape index (κ2) is 9.90. The zero-order valence-corrected chi connectivity index (χ0v) is 18.9. The summed E-state index contributed by atoms with van der Waals surface area (Å²) in [5.74, 6) is 1.22. The molecule has 2 heterocycles. The molecule has 0 aliphatic carbocycles. The summed E-state index contributed by atoms with van der Waals surface area (Å²) >= 11 is 0. The number of unbranched alkanes of at least 4 members (excludes halogenated alkanes) is 4. The molecule has 0 atom stereocenters. The molecule has 6 nitrogen and oxygen atoms in total. The number of hydrogen-bond donors (Lipinski definition) is 0. The van der Waals surface area contributed by atoms with Crippen LogP contribution in [0.15, 0.2) is 58.1 Å². The summed E-state index contributed by atoms with van der Waals surface area (Å²) in [6.45, 7) is 4.29. The number of hydrogen-bond acceptors (Lipinski definition) is 4. The molecule has 0 aliphatic rings. The molecule has 32 heavy (non-hydrogen) atoms. The summed E-state index contributed by atoms with van der Waals surface area (Å²) < 4.78 is 2.97. The molecule has 0 fully saturated rings. The van der Waals surface area contributed by atoms with Gasteiger partial charge in [0.05, 0.1) is 21.8 Å². The highest BCUT2D eigenvalue weighted by molar-refractivity contribution is 5.78. The normalized spacial score (nSPS) is 11.4. The monoisotopic (exact) mass is 430 g/mol. The molecule has 0 unspecified atom stereocenters. The van der Waals surface area contributed by atoms with E-state index in [-0.39, 0.29) is 11.1 Å². The van der Waals surface area contributed by atoms with Crippen LogP contribution >= 0.6 is 0 Å². The maximum atomic E-state index is 13.7. The van der Waals surface area contributed by atoms with E-state index in [4.69, 9.17) is 9.97 Å². The number of aromatic nitrogens is 4. The lowest BCUT2D eigenvalue weighted by Gasteiger charge is -2.19. The van der Waals surface area contributed by atoms with Crippen LogP contribution in [0.3, 0.4) is 0 Å². The molecular weight excluding hydrogens is 400 g/mol. The third kappa shape index (κ3) is 4.22. The predicted molar refractivity (Wildman–Crippen MR) is 129 cm³/mol. The summed E-state index contributed by atoms with van der Waals surface area (Å²) in [7, 11) is 0. The summed E-state index contributed by atoms with van der Waals surface area (Å²) in [5, 5.41) is 1.01. The summed E-state index contributed by atoms with van der Waals surface area (Å²) in [6.07, 6.45) is 7.27. The Morgan fingerprint density at radius 3 is 1.44 bits per heavy atom. The van der Waals surface area contributed by atoms with Gasteiger partial charge in [-0.1, -0.05) is 63.8 Å². The Labute approximate surface area is 187 Å². The van der Waals surface area contributed by atoms with Crippen molar-refractivity contribution in [3.63, 3.8) is 0 Å². The van der Waals surface area contributed by atoms with Crippen molar-refractivity contribution in [1.29, 1.82) is 0 Å². The Morgan fingerprint density at radius 2 is 1.03 bits per heavy atom. The van der Waals surface area contributed by atoms with E-state index in [1.165, 1.54) is 9.35 Å². The molecule has 0 N–H and O–H groups in total. The molecule has 0 radical (unpaired) electrons. The van der Waals surface area contributed by atoms with Gasteiger partial charge in [-0.15, -0.1) is 0 Å². The number of nitrogens with zero attached hydrogens (tertiary/aromatic N) is 4. The van der Waals surface area contributed by atoms with Gasteiger partial charge in [0, 0.05) is 12.8 Å². The van der Waals surface area contributed by atoms with Gasteiger partial charge in [0.15, 0.2) is 0 Å². The topological polar surface area (TPSA) is 69.8 Å². The zero-order chi connectivity index (χ0) is 22.5. The van der Waals surface area contributed by atoms with Crippen molar-refractivity contribution >= 4 is 21.8 Å². The largest absolute Gasteiger partial charge is 0.280 e. The molecule has 4 aromatic rings. The van der Waals surface area contributed by atoms with Crippen molar-refractivity contribution in [2.75, 3.05) is 0 Å². The first-order valence-corrected chi connectivity index (χ1v) is 11.7. The van der Waals surface area contributed by atoms with Crippen molar-refractivity contribution < 1.29 is 0 Å². The van der Waals surface area contributed by atoms with Crippen molar-refractivity contribution in [1.82, 2.24) is 19.3 Å². The second-order valence-corrected chi connectivity index (χ2v) is 8.24. The van der Waals surface area contributed by atoms with E-state index in [1.54, 1.807) is 12.1 Å². The van der Waals surface area contributed by atoms with Crippen LogP contribution < -0.4 is 11.1 Å². The highest BCUT2D eigenvalue weighted by atomic mass is 16.2. The Morgan fingerprint density at radius 1 is 0.625 bits per heavy atom. The van der Waals surface area contributed by atoms with Gasteiger partial charge in [-0.05, 0) is 37.1 Å². The molecule has 166 valence electrons. The number of aryl methyl sites for hydroxylation is 2. The van der Waals surface area contributed by atoms with Gasteiger partial charge in [-0.2, -0.15) is 9.35 Å². The highest BCUT2D eigenvalue weighted by Crippen LogP contribution is 2.14. The van der Waals surface area contributed by atoms with Crippen LogP contribution in [0.25, 0.3) is 21.8 Å². The van der Waals surface area contributed by atoms with Crippen molar-refractivity contribution in [2.24, 2.45) is 0 Å². The predicted octanol–water partition coefficient (Wildman–Crippen LogP) is 4.88. The van der Waals surface area contributed by atoms with Crippen LogP contribution in [0.5, 0.6) is 0 Å². The first kappa shape index (κ1) is 21.9. The molecule has 4 rings (SSSR count). The lowest BCUT2D eigenvalue weighted by atomic mass is 10.1. The van der Waals surface area contributed by atoms with Gasteiger partial charge < -0.3 is 0 Å². The minimum absolute atomic E-state index is 0.224. The highest BCUT2D eigenvalue weighted by Gasteiger charge is 2.18. The van der Waals surface area contributed by atoms with E-state index in [9.17, 15) is 9.59 Å². The number of para-hydroxylation sites is 2. The minimum atomic E-state index is -0.224. The Bertz CT molecular complexity index is 1250. The van der Waals surface area contributed by atoms with Crippen LogP contribution in [-0.2, 0) is 12.8 Å². The van der Waals surface area contributed by atoms with Crippen LogP contribution in [0, 0.1) is 0 Å². The van der Waals surface area contributed by atoms with Crippen LogP contribution in [-0.4, -0.2) is 19.3 Å². The fourth-order valence-electron chi connectivity index (χ4n) is 4.14. The molecule has 2 aromatic heterocycles. The van der Waals surface area contributed by atoms with Gasteiger partial charge in [0.2, 0.25) is 0 Å². The zero-order valence-electron chi connectivity index (χ0n) is 18.9. The molecule has 0 aliphatic heterocycles. The number of rotatable bonds is 9. The first-order valence-electron chi connectivity index (χ1n) is 11.7. The van der Waals surface area contributed by atoms with E-state index in [0.717, 1.165) is 38.5 Å². The number of fused-ring (bicyclic) bond motifs is 2. The van der Waals surface area contributed by atoms with Crippen LogP contribution in [0.4, 0.5) is 0 Å². The fourth-order valence-corrected chi connectivity index (χ4v) is 4.14. The molecule has 0 saturated carbocycles. The quantitative estimate of drug-likeness (QED) is 0.355. The maximum Gasteiger partial charge on any atom is 0.280 e. The molecule has 0 amide bonds. The lowest BCUT2D eigenvalue weighted by Crippen LogP contribution is -2.40. The average molecular weight is 431 g/mol. The average Bonchev–Trinajstić information content (AvgIpc) is 2.81. The van der Waals surface area contributed by atoms with Crippen LogP contribution in [0.2, 0.25) is 0 Å². The molecule has 0 saturated heterocycles. The van der Waals surface area contributed by atoms with Gasteiger partial charge in [-0.25, -0.2) is 9.97 Å². The van der Waals surface area contributed by atoms with Crippen molar-refractivity contribution in [2.45, 2.75) is 65.2 Å². The SMILES string of the molecule is CCCCCc1nc2ccccc2c(=O)n1-n1c(CCCCC)nc2ccccc2c1=O. The van der Waals surface area contributed by atoms with E-state index in [0.29, 0.717) is 46.3 Å². The molecule has 2 aromatic carbocycles. The molecule has 0 spiro atoms. The van der Waals surface area contributed by atoms with E-state index in [1.807, 2.05) is 36.4 Å². The molecule has 6 heteroatoms. The fraction of sp³-hybridized carbons (Fsp3) is 0.385. The van der Waals surface area contributed by atoms with Gasteiger partial charge in [0.25, 0.3) is 11.1 Å². The third-order valence-electron chi connectivity index (χ3n) is 5.85. The van der Waals surface area contributed by atoms with Crippen molar-refractivity contribution in [3.05, 3.63) is 80.9 Å². The first-order chi connectivity index (χ1) is 15.7. The Kier molecular flexibility index (Phi) is 6.78. The minimum Gasteiger partial charge on any atom is -0.267 e. The van der Waals surface area contributed by atoms with Gasteiger partial charge in [0.1, 0.15) is 11.6 Å². The third-order valence-corrected chi connectivity index (χ3v) is 5.85. The van der Waals surface area contributed by atoms with Gasteiger partial charge in [-0.3, -0.25) is 9.59 Å². The van der Waals surface area contributed by atoms with E-state index >= 15 is 0 Å². The lowest BCUT2D eigenvalue weighted by molar-refractivity contribution is 0.507. The molecule has 0 bridgehead atoms. The van der Waals surface area contributed by atoms with E-state index < -0.39 is 0 Å². The van der Waals surface area contributed by atoms with Gasteiger partial charge >= 0.3 is 0 Å². The summed E-state index contributed by atoms with van der Waals surface area (Å²) in [4.78, 5) is 37.0. The maximum absolute atomic E-state index is 13.7. The van der Waals surface area contributed by atoms with Crippen LogP contribution in [0.1, 0.15) is 64.0 Å². The summed E-state index contributed by atoms with van der Waals surface area (Å²) in [6, 6.07) is 14.7. The Balaban J connectivity index is 2.02. The Hall–Kier alpha value is -3.28. The second-order valence-electron chi connectivity index (χ2n) is 8.24. The van der Waals surface area contributed by atoms with E-state index in [2.05, 4.69) is 13.8 Å². The smallest absolute Gasteiger partial charge is 0.267 e. The summed E-state index contributed by atoms with van der Waals surface area (Å²) in [5.41, 5.74) is 0.875. The van der Waals surface area contributed by atoms with Crippen molar-refractivity contribution in [3.8, 4) is 0 Å². The molecular formula is C26H30N4O2. The number of benzene rings is 2.